The predicted molar refractivity (Wildman–Crippen MR) is 260 cm³/mol. The Hall–Kier alpha value is -5.80. The first-order valence-corrected chi connectivity index (χ1v) is 26.4. The van der Waals surface area contributed by atoms with Gasteiger partial charge in [-0.2, -0.15) is 19.9 Å². The summed E-state index contributed by atoms with van der Waals surface area (Å²) >= 11 is 11.8. The standard InChI is InChI=1S/2C22H28ClN7O5S/c2*1-12(17(33-4)18-24-8-13(23)9-25-18)36(31,32)10-15-28-29-19(14-7-22(14,2)3)30(15)16-20(34-5)26-11-27-21(16)35-6/h2*8-9,11-12,14,17H,7,10H2,1-6H3/t2*12-,14?,17-/m00/s1. The summed E-state index contributed by atoms with van der Waals surface area (Å²) in [6.45, 7) is 11.5. The summed E-state index contributed by atoms with van der Waals surface area (Å²) in [4.78, 5) is 33.3. The van der Waals surface area contributed by atoms with Gasteiger partial charge in [-0.05, 0) is 37.5 Å². The Bertz CT molecular complexity index is 2860. The van der Waals surface area contributed by atoms with Crippen LogP contribution in [0.1, 0.15) is 113 Å². The molecule has 2 saturated carbocycles. The molecule has 8 rings (SSSR count). The van der Waals surface area contributed by atoms with E-state index in [2.05, 4.69) is 88.0 Å². The maximum atomic E-state index is 13.6. The van der Waals surface area contributed by atoms with Gasteiger partial charge < -0.3 is 28.4 Å². The van der Waals surface area contributed by atoms with E-state index >= 15 is 0 Å². The number of sulfone groups is 2. The lowest BCUT2D eigenvalue weighted by Gasteiger charge is -2.22. The molecule has 0 spiro atoms. The van der Waals surface area contributed by atoms with Crippen molar-refractivity contribution in [3.05, 3.63) is 82.4 Å². The van der Waals surface area contributed by atoms with Crippen molar-refractivity contribution in [2.75, 3.05) is 42.7 Å². The van der Waals surface area contributed by atoms with Crippen LogP contribution in [0.5, 0.6) is 23.5 Å². The van der Waals surface area contributed by atoms with Crippen LogP contribution in [0.4, 0.5) is 0 Å². The molecular weight excluding hydrogens is 1020 g/mol. The fourth-order valence-corrected chi connectivity index (χ4v) is 11.3. The van der Waals surface area contributed by atoms with Gasteiger partial charge in [0.15, 0.2) is 54.3 Å². The molecule has 6 aromatic rings. The van der Waals surface area contributed by atoms with Crippen molar-refractivity contribution in [2.45, 2.75) is 100 Å². The van der Waals surface area contributed by atoms with Crippen molar-refractivity contribution >= 4 is 42.9 Å². The van der Waals surface area contributed by atoms with Crippen molar-refractivity contribution in [3.8, 4) is 34.9 Å². The molecule has 0 saturated heterocycles. The molecule has 28 heteroatoms. The third-order valence-corrected chi connectivity index (χ3v) is 17.3. The van der Waals surface area contributed by atoms with Gasteiger partial charge in [-0.3, -0.25) is 9.13 Å². The molecule has 0 aliphatic heterocycles. The second-order valence-electron chi connectivity index (χ2n) is 18.4. The van der Waals surface area contributed by atoms with Gasteiger partial charge in [0.2, 0.25) is 23.5 Å². The molecule has 24 nitrogen and oxygen atoms in total. The summed E-state index contributed by atoms with van der Waals surface area (Å²) in [5.41, 5.74) is 0.647. The molecule has 0 radical (unpaired) electrons. The molecule has 2 aliphatic rings. The van der Waals surface area contributed by atoms with Gasteiger partial charge in [-0.15, -0.1) is 20.4 Å². The maximum Gasteiger partial charge on any atom is 0.245 e. The highest BCUT2D eigenvalue weighted by atomic mass is 35.5. The third-order valence-electron chi connectivity index (χ3n) is 12.8. The van der Waals surface area contributed by atoms with E-state index in [4.69, 9.17) is 51.6 Å². The normalized spacial score (nSPS) is 18.5. The molecule has 0 amide bonds. The second-order valence-corrected chi connectivity index (χ2v) is 24.0. The quantitative estimate of drug-likeness (QED) is 0.0919. The topological polar surface area (TPSA) is 288 Å². The summed E-state index contributed by atoms with van der Waals surface area (Å²) in [6, 6.07) is 0. The van der Waals surface area contributed by atoms with Crippen LogP contribution in [0.2, 0.25) is 10.0 Å². The lowest BCUT2D eigenvalue weighted by atomic mass is 10.1. The SMILES string of the molecule is COc1ncnc(OC)c1-n1c(CS(=O)(=O)[C@@H](C)[C@H](OC)c2ncc(Cl)cn2)nnc1C1CC1(C)C.COc1ncnc(OC)c1-n1c(CS(=O)(=O)[C@@H](C)[C@H](OC)c2ncc(Cl)cn2)nnc1C1CC1(C)C. The summed E-state index contributed by atoms with van der Waals surface area (Å²) in [6.07, 6.45) is 8.07. The van der Waals surface area contributed by atoms with E-state index in [1.54, 1.807) is 23.0 Å². The van der Waals surface area contributed by atoms with Gasteiger partial charge in [0, 0.05) is 50.8 Å². The molecule has 0 aromatic carbocycles. The first-order chi connectivity index (χ1) is 34.1. The molecule has 0 bridgehead atoms. The minimum atomic E-state index is -3.86. The number of halogens is 2. The van der Waals surface area contributed by atoms with Crippen LogP contribution in [-0.4, -0.2) is 139 Å². The molecule has 2 aliphatic carbocycles. The maximum absolute atomic E-state index is 13.6. The summed E-state index contributed by atoms with van der Waals surface area (Å²) in [7, 11) is 0.944. The Morgan fingerprint density at radius 1 is 0.542 bits per heavy atom. The number of ether oxygens (including phenoxy) is 6. The van der Waals surface area contributed by atoms with Gasteiger partial charge in [0.1, 0.15) is 48.0 Å². The lowest BCUT2D eigenvalue weighted by molar-refractivity contribution is 0.0947. The predicted octanol–water partition coefficient (Wildman–Crippen LogP) is 5.44. The molecule has 0 N–H and O–H groups in total. The Morgan fingerprint density at radius 3 is 1.08 bits per heavy atom. The van der Waals surface area contributed by atoms with E-state index in [0.29, 0.717) is 33.1 Å². The molecule has 388 valence electrons. The van der Waals surface area contributed by atoms with E-state index in [9.17, 15) is 16.8 Å². The fourth-order valence-electron chi connectivity index (χ4n) is 8.23. The smallest absolute Gasteiger partial charge is 0.245 e. The first-order valence-electron chi connectivity index (χ1n) is 22.3. The number of rotatable bonds is 20. The van der Waals surface area contributed by atoms with Crippen LogP contribution >= 0.6 is 23.2 Å². The Morgan fingerprint density at radius 2 is 0.833 bits per heavy atom. The number of hydrogen-bond donors (Lipinski definition) is 0. The highest BCUT2D eigenvalue weighted by Gasteiger charge is 2.52. The molecule has 6 heterocycles. The first kappa shape index (κ1) is 54.0. The van der Waals surface area contributed by atoms with Crippen LogP contribution in [-0.2, 0) is 40.7 Å². The van der Waals surface area contributed by atoms with Crippen LogP contribution < -0.4 is 18.9 Å². The van der Waals surface area contributed by atoms with Crippen molar-refractivity contribution in [1.29, 1.82) is 0 Å². The van der Waals surface area contributed by atoms with Crippen molar-refractivity contribution in [3.63, 3.8) is 0 Å². The molecule has 72 heavy (non-hydrogen) atoms. The molecular formula is C44H56Cl2N14O10S2. The molecule has 2 unspecified atom stereocenters. The zero-order chi connectivity index (χ0) is 52.5. The molecule has 2 fully saturated rings. The molecule has 6 aromatic heterocycles. The summed E-state index contributed by atoms with van der Waals surface area (Å²) in [5, 5.41) is 16.0. The zero-order valence-electron chi connectivity index (χ0n) is 41.7. The fraction of sp³-hybridized carbons (Fsp3) is 0.545. The Balaban J connectivity index is 0.000000211. The van der Waals surface area contributed by atoms with Crippen LogP contribution in [0, 0.1) is 10.8 Å². The highest BCUT2D eigenvalue weighted by Crippen LogP contribution is 2.59. The summed E-state index contributed by atoms with van der Waals surface area (Å²) < 4.78 is 90.6. The van der Waals surface area contributed by atoms with Crippen molar-refractivity contribution in [1.82, 2.24) is 69.4 Å². The van der Waals surface area contributed by atoms with Gasteiger partial charge in [-0.1, -0.05) is 50.9 Å². The van der Waals surface area contributed by atoms with E-state index in [1.807, 2.05) is 0 Å². The van der Waals surface area contributed by atoms with Crippen molar-refractivity contribution < 1.29 is 45.3 Å². The third kappa shape index (κ3) is 11.1. The minimum absolute atomic E-state index is 0.0165. The van der Waals surface area contributed by atoms with Crippen LogP contribution in [0.25, 0.3) is 11.4 Å². The Labute approximate surface area is 426 Å². The monoisotopic (exact) mass is 1070 g/mol. The average Bonchev–Trinajstić information content (AvgIpc) is 4.02. The van der Waals surface area contributed by atoms with Crippen LogP contribution in [0.15, 0.2) is 37.4 Å². The number of hydrogen-bond acceptors (Lipinski definition) is 22. The number of nitrogens with zero attached hydrogens (tertiary/aromatic N) is 14. The van der Waals surface area contributed by atoms with Gasteiger partial charge >= 0.3 is 0 Å². The largest absolute Gasteiger partial charge is 0.479 e. The summed E-state index contributed by atoms with van der Waals surface area (Å²) in [5.74, 6) is 2.01. The second kappa shape index (κ2) is 21.3. The lowest BCUT2D eigenvalue weighted by Crippen LogP contribution is -2.30. The molecule has 6 atom stereocenters. The van der Waals surface area contributed by atoms with E-state index in [1.165, 1.54) is 80.1 Å². The minimum Gasteiger partial charge on any atom is -0.479 e. The van der Waals surface area contributed by atoms with E-state index in [0.717, 1.165) is 12.8 Å². The average molecular weight is 1080 g/mol. The van der Waals surface area contributed by atoms with Gasteiger partial charge in [0.05, 0.1) is 49.0 Å². The highest BCUT2D eigenvalue weighted by molar-refractivity contribution is 7.91. The van der Waals surface area contributed by atoms with E-state index in [-0.39, 0.29) is 69.5 Å². The zero-order valence-corrected chi connectivity index (χ0v) is 44.8. The Kier molecular flexibility index (Phi) is 16.0. The van der Waals surface area contributed by atoms with Crippen molar-refractivity contribution in [2.24, 2.45) is 10.8 Å². The van der Waals surface area contributed by atoms with Gasteiger partial charge in [0.25, 0.3) is 0 Å². The van der Waals surface area contributed by atoms with Gasteiger partial charge in [-0.25, -0.2) is 36.8 Å². The number of methoxy groups -OCH3 is 6. The van der Waals surface area contributed by atoms with E-state index < -0.39 is 53.9 Å². The number of aromatic nitrogens is 14. The van der Waals surface area contributed by atoms with Crippen LogP contribution in [0.3, 0.4) is 0 Å².